The highest BCUT2D eigenvalue weighted by molar-refractivity contribution is 4.98. The van der Waals surface area contributed by atoms with Crippen LogP contribution in [0.2, 0.25) is 0 Å². The van der Waals surface area contributed by atoms with E-state index in [0.717, 1.165) is 12.5 Å². The van der Waals surface area contributed by atoms with E-state index in [2.05, 4.69) is 29.6 Å². The van der Waals surface area contributed by atoms with Crippen LogP contribution in [-0.4, -0.2) is 36.6 Å². The molecule has 0 aromatic carbocycles. The molecule has 3 heteroatoms. The van der Waals surface area contributed by atoms with Gasteiger partial charge in [0.15, 0.2) is 0 Å². The van der Waals surface area contributed by atoms with Crippen molar-refractivity contribution < 1.29 is 0 Å². The third kappa shape index (κ3) is 1.08. The standard InChI is InChI=1S/C8H17N3/c1-3-11-5-7-4-9-10-8(7)6(11)2/h6-10H,3-5H2,1-2H3. The van der Waals surface area contributed by atoms with Crippen molar-refractivity contribution in [1.82, 2.24) is 15.8 Å². The maximum absolute atomic E-state index is 3.34. The predicted octanol–water partition coefficient (Wildman–Crippen LogP) is -0.197. The summed E-state index contributed by atoms with van der Waals surface area (Å²) < 4.78 is 0. The van der Waals surface area contributed by atoms with Gasteiger partial charge in [-0.05, 0) is 13.5 Å². The molecule has 2 rings (SSSR count). The van der Waals surface area contributed by atoms with Gasteiger partial charge >= 0.3 is 0 Å². The second-order valence-electron chi connectivity index (χ2n) is 3.64. The zero-order chi connectivity index (χ0) is 7.84. The fourth-order valence-corrected chi connectivity index (χ4v) is 2.36. The van der Waals surface area contributed by atoms with Crippen LogP contribution in [0.4, 0.5) is 0 Å². The molecule has 3 nitrogen and oxygen atoms in total. The summed E-state index contributed by atoms with van der Waals surface area (Å²) >= 11 is 0. The number of hydrazine groups is 1. The van der Waals surface area contributed by atoms with Crippen LogP contribution in [-0.2, 0) is 0 Å². The van der Waals surface area contributed by atoms with Crippen molar-refractivity contribution in [3.05, 3.63) is 0 Å². The molecule has 0 saturated carbocycles. The molecular formula is C8H17N3. The molecule has 64 valence electrons. The van der Waals surface area contributed by atoms with Gasteiger partial charge in [-0.2, -0.15) is 0 Å². The Morgan fingerprint density at radius 1 is 1.55 bits per heavy atom. The predicted molar refractivity (Wildman–Crippen MR) is 45.1 cm³/mol. The SMILES string of the molecule is CCN1CC2CNNC2C1C. The number of fused-ring (bicyclic) bond motifs is 1. The van der Waals surface area contributed by atoms with Crippen LogP contribution < -0.4 is 10.9 Å². The number of likely N-dealkylation sites (N-methyl/N-ethyl adjacent to an activating group) is 1. The minimum atomic E-state index is 0.690. The highest BCUT2D eigenvalue weighted by atomic mass is 15.4. The third-order valence-electron chi connectivity index (χ3n) is 3.11. The van der Waals surface area contributed by atoms with Crippen molar-refractivity contribution in [3.63, 3.8) is 0 Å². The maximum Gasteiger partial charge on any atom is 0.0418 e. The average Bonchev–Trinajstić information content (AvgIpc) is 2.53. The minimum Gasteiger partial charge on any atom is -0.299 e. The molecule has 0 spiro atoms. The first-order valence-corrected chi connectivity index (χ1v) is 4.55. The Morgan fingerprint density at radius 2 is 2.36 bits per heavy atom. The summed E-state index contributed by atoms with van der Waals surface area (Å²) in [4.78, 5) is 2.54. The summed E-state index contributed by atoms with van der Waals surface area (Å²) in [5, 5.41) is 0. The minimum absolute atomic E-state index is 0.690. The number of hydrogen-bond acceptors (Lipinski definition) is 3. The van der Waals surface area contributed by atoms with E-state index in [1.54, 1.807) is 0 Å². The molecule has 2 saturated heterocycles. The molecule has 2 heterocycles. The molecule has 0 aliphatic carbocycles. The van der Waals surface area contributed by atoms with E-state index in [9.17, 15) is 0 Å². The first-order chi connectivity index (χ1) is 5.33. The first kappa shape index (κ1) is 7.53. The van der Waals surface area contributed by atoms with Crippen LogP contribution in [0.15, 0.2) is 0 Å². The van der Waals surface area contributed by atoms with Crippen molar-refractivity contribution in [2.45, 2.75) is 25.9 Å². The zero-order valence-corrected chi connectivity index (χ0v) is 7.30. The second kappa shape index (κ2) is 2.73. The first-order valence-electron chi connectivity index (χ1n) is 4.55. The van der Waals surface area contributed by atoms with E-state index >= 15 is 0 Å². The van der Waals surface area contributed by atoms with Gasteiger partial charge in [-0.1, -0.05) is 6.92 Å². The lowest BCUT2D eigenvalue weighted by Gasteiger charge is -2.22. The summed E-state index contributed by atoms with van der Waals surface area (Å²) in [7, 11) is 0. The largest absolute Gasteiger partial charge is 0.299 e. The lowest BCUT2D eigenvalue weighted by molar-refractivity contribution is 0.253. The van der Waals surface area contributed by atoms with Crippen LogP contribution in [0.1, 0.15) is 13.8 Å². The van der Waals surface area contributed by atoms with Crippen LogP contribution in [0.25, 0.3) is 0 Å². The van der Waals surface area contributed by atoms with Gasteiger partial charge in [0.25, 0.3) is 0 Å². The van der Waals surface area contributed by atoms with Gasteiger partial charge in [0.05, 0.1) is 0 Å². The molecule has 3 unspecified atom stereocenters. The zero-order valence-electron chi connectivity index (χ0n) is 7.30. The van der Waals surface area contributed by atoms with Crippen LogP contribution in [0.5, 0.6) is 0 Å². The monoisotopic (exact) mass is 155 g/mol. The molecule has 2 aliphatic rings. The van der Waals surface area contributed by atoms with E-state index in [4.69, 9.17) is 0 Å². The fraction of sp³-hybridized carbons (Fsp3) is 1.00. The quantitative estimate of drug-likeness (QED) is 0.549. The molecular weight excluding hydrogens is 138 g/mol. The second-order valence-corrected chi connectivity index (χ2v) is 3.64. The molecule has 0 amide bonds. The molecule has 2 N–H and O–H groups in total. The Labute approximate surface area is 68.1 Å². The van der Waals surface area contributed by atoms with Gasteiger partial charge < -0.3 is 0 Å². The van der Waals surface area contributed by atoms with Crippen molar-refractivity contribution in [2.24, 2.45) is 5.92 Å². The molecule has 2 fully saturated rings. The van der Waals surface area contributed by atoms with Crippen molar-refractivity contribution >= 4 is 0 Å². The van der Waals surface area contributed by atoms with E-state index in [-0.39, 0.29) is 0 Å². The van der Waals surface area contributed by atoms with E-state index in [1.165, 1.54) is 13.1 Å². The van der Waals surface area contributed by atoms with Crippen molar-refractivity contribution in [3.8, 4) is 0 Å². The lowest BCUT2D eigenvalue weighted by Crippen LogP contribution is -2.42. The average molecular weight is 155 g/mol. The third-order valence-corrected chi connectivity index (χ3v) is 3.11. The van der Waals surface area contributed by atoms with Crippen LogP contribution >= 0.6 is 0 Å². The van der Waals surface area contributed by atoms with Gasteiger partial charge in [0, 0.05) is 31.1 Å². The number of nitrogens with one attached hydrogen (secondary N) is 2. The molecule has 3 atom stereocenters. The Balaban J connectivity index is 2.04. The summed E-state index contributed by atoms with van der Waals surface area (Å²) in [5.74, 6) is 0.838. The summed E-state index contributed by atoms with van der Waals surface area (Å²) in [6.45, 7) is 8.16. The molecule has 0 radical (unpaired) electrons. The molecule has 0 aromatic heterocycles. The molecule has 0 bridgehead atoms. The van der Waals surface area contributed by atoms with Gasteiger partial charge in [0.2, 0.25) is 0 Å². The topological polar surface area (TPSA) is 27.3 Å². The highest BCUT2D eigenvalue weighted by Gasteiger charge is 2.40. The number of nitrogens with zero attached hydrogens (tertiary/aromatic N) is 1. The summed E-state index contributed by atoms with van der Waals surface area (Å²) in [6.07, 6.45) is 0. The van der Waals surface area contributed by atoms with Crippen LogP contribution in [0.3, 0.4) is 0 Å². The smallest absolute Gasteiger partial charge is 0.0418 e. The lowest BCUT2D eigenvalue weighted by atomic mass is 10.0. The summed E-state index contributed by atoms with van der Waals surface area (Å²) in [5.41, 5.74) is 6.56. The highest BCUT2D eigenvalue weighted by Crippen LogP contribution is 2.24. The van der Waals surface area contributed by atoms with Gasteiger partial charge in [0.1, 0.15) is 0 Å². The molecule has 11 heavy (non-hydrogen) atoms. The van der Waals surface area contributed by atoms with Crippen molar-refractivity contribution in [2.75, 3.05) is 19.6 Å². The molecule has 0 aromatic rings. The van der Waals surface area contributed by atoms with Crippen LogP contribution in [0, 0.1) is 5.92 Å². The number of hydrogen-bond donors (Lipinski definition) is 2. The Morgan fingerprint density at radius 3 is 3.00 bits per heavy atom. The maximum atomic E-state index is 3.34. The van der Waals surface area contributed by atoms with Gasteiger partial charge in [-0.15, -0.1) is 0 Å². The summed E-state index contributed by atoms with van der Waals surface area (Å²) in [6, 6.07) is 1.40. The Bertz CT molecular complexity index is 148. The number of likely N-dealkylation sites (tertiary alicyclic amines) is 1. The molecule has 2 aliphatic heterocycles. The Hall–Kier alpha value is -0.120. The van der Waals surface area contributed by atoms with E-state index in [0.29, 0.717) is 12.1 Å². The normalized spacial score (nSPS) is 44.7. The van der Waals surface area contributed by atoms with Gasteiger partial charge in [-0.3, -0.25) is 15.8 Å². The van der Waals surface area contributed by atoms with Crippen molar-refractivity contribution in [1.29, 1.82) is 0 Å². The number of rotatable bonds is 1. The Kier molecular flexibility index (Phi) is 1.87. The van der Waals surface area contributed by atoms with Gasteiger partial charge in [-0.25, -0.2) is 0 Å². The van der Waals surface area contributed by atoms with E-state index in [1.807, 2.05) is 0 Å². The fourth-order valence-electron chi connectivity index (χ4n) is 2.36. The van der Waals surface area contributed by atoms with E-state index < -0.39 is 0 Å².